The summed E-state index contributed by atoms with van der Waals surface area (Å²) in [6, 6.07) is 9.60. The summed E-state index contributed by atoms with van der Waals surface area (Å²) in [5.74, 6) is -1.48. The van der Waals surface area contributed by atoms with Crippen molar-refractivity contribution in [3.05, 3.63) is 53.1 Å². The molecule has 3 N–H and O–H groups in total. The van der Waals surface area contributed by atoms with Crippen LogP contribution in [0.5, 0.6) is 0 Å². The molecule has 112 valence electrons. The lowest BCUT2D eigenvalue weighted by molar-refractivity contribution is -0.145. The predicted molar refractivity (Wildman–Crippen MR) is 70.1 cm³/mol. The summed E-state index contributed by atoms with van der Waals surface area (Å²) in [6.07, 6.45) is -4.69. The van der Waals surface area contributed by atoms with E-state index in [4.69, 9.17) is 5.73 Å². The van der Waals surface area contributed by atoms with E-state index >= 15 is 0 Å². The van der Waals surface area contributed by atoms with Gasteiger partial charge in [-0.25, -0.2) is 4.68 Å². The predicted octanol–water partition coefficient (Wildman–Crippen LogP) is 2.01. The summed E-state index contributed by atoms with van der Waals surface area (Å²) in [7, 11) is 0. The molecule has 1 aromatic heterocycles. The fourth-order valence-electron chi connectivity index (χ4n) is 2.23. The molecule has 3 rings (SSSR count). The van der Waals surface area contributed by atoms with Crippen LogP contribution in [0.1, 0.15) is 17.4 Å². The zero-order valence-electron chi connectivity index (χ0n) is 11.0. The maximum absolute atomic E-state index is 12.8. The zero-order chi connectivity index (χ0) is 15.9. The summed E-state index contributed by atoms with van der Waals surface area (Å²) in [4.78, 5) is 3.41. The van der Waals surface area contributed by atoms with Crippen LogP contribution in [0, 0.1) is 11.3 Å². The van der Waals surface area contributed by atoms with Gasteiger partial charge >= 0.3 is 6.18 Å². The van der Waals surface area contributed by atoms with E-state index < -0.39 is 18.0 Å². The Morgan fingerprint density at radius 1 is 1.27 bits per heavy atom. The molecule has 1 aliphatic heterocycles. The second kappa shape index (κ2) is 4.77. The molecule has 0 radical (unpaired) electrons. The zero-order valence-corrected chi connectivity index (χ0v) is 11.0. The normalized spacial score (nSPS) is 17.6. The van der Waals surface area contributed by atoms with E-state index in [0.29, 0.717) is 5.56 Å². The van der Waals surface area contributed by atoms with Crippen molar-refractivity contribution in [1.29, 1.82) is 5.26 Å². The highest BCUT2D eigenvalue weighted by molar-refractivity contribution is 5.51. The van der Waals surface area contributed by atoms with Crippen molar-refractivity contribution >= 4 is 5.95 Å². The largest absolute Gasteiger partial charge is 0.453 e. The first-order valence-corrected chi connectivity index (χ1v) is 6.17. The maximum Gasteiger partial charge on any atom is 0.453 e. The van der Waals surface area contributed by atoms with Crippen LogP contribution >= 0.6 is 0 Å². The van der Waals surface area contributed by atoms with Crippen molar-refractivity contribution in [3.8, 4) is 6.07 Å². The molecule has 1 unspecified atom stereocenters. The summed E-state index contributed by atoms with van der Waals surface area (Å²) in [6.45, 7) is 0. The van der Waals surface area contributed by atoms with Gasteiger partial charge in [0.1, 0.15) is 17.9 Å². The SMILES string of the molecule is N#CC1=C(N)Nc2nc(C(F)(F)F)nn2C1c1ccccc1. The number of rotatable bonds is 1. The fourth-order valence-corrected chi connectivity index (χ4v) is 2.23. The Labute approximate surface area is 122 Å². The number of anilines is 1. The maximum atomic E-state index is 12.8. The van der Waals surface area contributed by atoms with Crippen molar-refractivity contribution in [2.75, 3.05) is 5.32 Å². The first-order valence-electron chi connectivity index (χ1n) is 6.17. The molecule has 9 heteroatoms. The first-order chi connectivity index (χ1) is 10.4. The molecule has 2 aromatic rings. The number of fused-ring (bicyclic) bond motifs is 1. The Kier molecular flexibility index (Phi) is 3.02. The molecule has 0 amide bonds. The van der Waals surface area contributed by atoms with E-state index in [-0.39, 0.29) is 17.3 Å². The van der Waals surface area contributed by atoms with Crippen LogP contribution in [0.3, 0.4) is 0 Å². The van der Waals surface area contributed by atoms with E-state index in [1.165, 1.54) is 0 Å². The van der Waals surface area contributed by atoms with E-state index in [9.17, 15) is 18.4 Å². The van der Waals surface area contributed by atoms with Crippen molar-refractivity contribution in [2.24, 2.45) is 5.73 Å². The minimum absolute atomic E-state index is 0.0371. The van der Waals surface area contributed by atoms with E-state index in [2.05, 4.69) is 15.4 Å². The van der Waals surface area contributed by atoms with Crippen LogP contribution in [0.2, 0.25) is 0 Å². The molecule has 22 heavy (non-hydrogen) atoms. The van der Waals surface area contributed by atoms with Crippen molar-refractivity contribution in [3.63, 3.8) is 0 Å². The number of hydrogen-bond acceptors (Lipinski definition) is 5. The lowest BCUT2D eigenvalue weighted by atomic mass is 9.98. The van der Waals surface area contributed by atoms with Crippen LogP contribution in [0.15, 0.2) is 41.7 Å². The number of alkyl halides is 3. The number of halogens is 3. The van der Waals surface area contributed by atoms with Gasteiger partial charge in [-0.3, -0.25) is 0 Å². The average Bonchev–Trinajstić information content (AvgIpc) is 2.90. The number of benzene rings is 1. The van der Waals surface area contributed by atoms with Gasteiger partial charge < -0.3 is 11.1 Å². The summed E-state index contributed by atoms with van der Waals surface area (Å²) in [5, 5.41) is 15.2. The number of nitrogens with zero attached hydrogens (tertiary/aromatic N) is 4. The van der Waals surface area contributed by atoms with E-state index in [0.717, 1.165) is 4.68 Å². The summed E-state index contributed by atoms with van der Waals surface area (Å²) in [5.41, 5.74) is 6.40. The highest BCUT2D eigenvalue weighted by Gasteiger charge is 2.40. The average molecular weight is 306 g/mol. The number of nitrogens with one attached hydrogen (secondary N) is 1. The van der Waals surface area contributed by atoms with Crippen LogP contribution in [0.25, 0.3) is 0 Å². The van der Waals surface area contributed by atoms with Crippen LogP contribution < -0.4 is 11.1 Å². The van der Waals surface area contributed by atoms with E-state index in [1.54, 1.807) is 30.3 Å². The standard InChI is InChI=1S/C13H9F3N6/c14-13(15,16)11-20-12-19-10(18)8(6-17)9(22(12)21-11)7-4-2-1-3-5-7/h1-5,9H,18H2,(H,19,20,21). The molecule has 0 saturated carbocycles. The Morgan fingerprint density at radius 2 is 1.95 bits per heavy atom. The lowest BCUT2D eigenvalue weighted by Gasteiger charge is -2.25. The topological polar surface area (TPSA) is 92.6 Å². The number of aromatic nitrogens is 3. The molecular formula is C13H9F3N6. The lowest BCUT2D eigenvalue weighted by Crippen LogP contribution is -2.28. The molecular weight excluding hydrogens is 297 g/mol. The van der Waals surface area contributed by atoms with Crippen LogP contribution in [-0.2, 0) is 6.18 Å². The Hall–Kier alpha value is -3.02. The minimum atomic E-state index is -4.69. The molecule has 0 aliphatic carbocycles. The Balaban J connectivity index is 2.19. The molecule has 6 nitrogen and oxygen atoms in total. The molecule has 0 fully saturated rings. The summed E-state index contributed by atoms with van der Waals surface area (Å²) < 4.78 is 39.4. The highest BCUT2D eigenvalue weighted by atomic mass is 19.4. The van der Waals surface area contributed by atoms with Gasteiger partial charge in [-0.05, 0) is 5.56 Å². The van der Waals surface area contributed by atoms with Crippen LogP contribution in [0.4, 0.5) is 19.1 Å². The monoisotopic (exact) mass is 306 g/mol. The van der Waals surface area contributed by atoms with Gasteiger partial charge in [0.25, 0.3) is 5.82 Å². The van der Waals surface area contributed by atoms with Gasteiger partial charge in [0.2, 0.25) is 5.95 Å². The quantitative estimate of drug-likeness (QED) is 0.840. The van der Waals surface area contributed by atoms with E-state index in [1.807, 2.05) is 6.07 Å². The third-order valence-electron chi connectivity index (χ3n) is 3.18. The molecule has 1 aromatic carbocycles. The smallest absolute Gasteiger partial charge is 0.384 e. The molecule has 1 aliphatic rings. The third kappa shape index (κ3) is 2.14. The number of nitriles is 1. The second-order valence-electron chi connectivity index (χ2n) is 4.58. The molecule has 0 saturated heterocycles. The third-order valence-corrected chi connectivity index (χ3v) is 3.18. The van der Waals surface area contributed by atoms with Gasteiger partial charge in [0, 0.05) is 0 Å². The number of allylic oxidation sites excluding steroid dienone is 1. The summed E-state index contributed by atoms with van der Waals surface area (Å²) >= 11 is 0. The van der Waals surface area contributed by atoms with Crippen molar-refractivity contribution in [1.82, 2.24) is 14.8 Å². The highest BCUT2D eigenvalue weighted by Crippen LogP contribution is 2.35. The first kappa shape index (κ1) is 13.9. The van der Waals surface area contributed by atoms with Crippen molar-refractivity contribution < 1.29 is 13.2 Å². The molecule has 2 heterocycles. The minimum Gasteiger partial charge on any atom is -0.384 e. The fraction of sp³-hybridized carbons (Fsp3) is 0.154. The van der Waals surface area contributed by atoms with Crippen molar-refractivity contribution in [2.45, 2.75) is 12.2 Å². The molecule has 1 atom stereocenters. The molecule has 0 spiro atoms. The number of hydrogen-bond donors (Lipinski definition) is 2. The molecule has 0 bridgehead atoms. The van der Waals surface area contributed by atoms with Gasteiger partial charge in [-0.15, -0.1) is 5.10 Å². The van der Waals surface area contributed by atoms with Gasteiger partial charge in [0.15, 0.2) is 0 Å². The van der Waals surface area contributed by atoms with Gasteiger partial charge in [0.05, 0.1) is 5.57 Å². The number of nitrogens with two attached hydrogens (primary N) is 1. The van der Waals surface area contributed by atoms with Gasteiger partial charge in [-0.2, -0.15) is 23.4 Å². The Bertz CT molecular complexity index is 784. The second-order valence-corrected chi connectivity index (χ2v) is 4.58. The van der Waals surface area contributed by atoms with Gasteiger partial charge in [-0.1, -0.05) is 30.3 Å². The van der Waals surface area contributed by atoms with Crippen LogP contribution in [-0.4, -0.2) is 14.8 Å². The Morgan fingerprint density at radius 3 is 2.55 bits per heavy atom.